The van der Waals surface area contributed by atoms with E-state index < -0.39 is 23.6 Å². The lowest BCUT2D eigenvalue weighted by atomic mass is 9.92. The molecule has 0 aromatic heterocycles. The third-order valence-electron chi connectivity index (χ3n) is 3.30. The van der Waals surface area contributed by atoms with Gasteiger partial charge in [-0.15, -0.1) is 0 Å². The topological polar surface area (TPSA) is 83.6 Å². The van der Waals surface area contributed by atoms with Crippen molar-refractivity contribution in [2.75, 3.05) is 13.1 Å². The highest BCUT2D eigenvalue weighted by atomic mass is 19.4. The van der Waals surface area contributed by atoms with E-state index in [9.17, 15) is 22.8 Å². The van der Waals surface area contributed by atoms with Crippen molar-refractivity contribution < 1.29 is 27.9 Å². The Labute approximate surface area is 108 Å². The van der Waals surface area contributed by atoms with Gasteiger partial charge in [-0.2, -0.15) is 13.2 Å². The first-order valence-corrected chi connectivity index (χ1v) is 5.92. The van der Waals surface area contributed by atoms with Crippen molar-refractivity contribution in [3.63, 3.8) is 0 Å². The number of carbonyl (C=O) groups excluding carboxylic acids is 1. The van der Waals surface area contributed by atoms with Crippen molar-refractivity contribution in [3.05, 3.63) is 0 Å². The summed E-state index contributed by atoms with van der Waals surface area (Å²) in [6.07, 6.45) is -3.91. The Kier molecular flexibility index (Phi) is 4.44. The Morgan fingerprint density at radius 3 is 2.47 bits per heavy atom. The maximum Gasteiger partial charge on any atom is 0.415 e. The molecular weight excluding hydrogens is 265 g/mol. The number of halogens is 3. The summed E-state index contributed by atoms with van der Waals surface area (Å²) in [6, 6.07) is 0. The van der Waals surface area contributed by atoms with Crippen LogP contribution < -0.4 is 5.73 Å². The van der Waals surface area contributed by atoms with E-state index in [4.69, 9.17) is 10.8 Å². The van der Waals surface area contributed by atoms with E-state index in [1.807, 2.05) is 0 Å². The number of nitrogens with zero attached hydrogens (tertiary/aromatic N) is 1. The Hall–Kier alpha value is -1.31. The summed E-state index contributed by atoms with van der Waals surface area (Å²) in [4.78, 5) is 23.4. The van der Waals surface area contributed by atoms with Crippen molar-refractivity contribution in [3.8, 4) is 0 Å². The van der Waals surface area contributed by atoms with E-state index in [1.165, 1.54) is 0 Å². The molecule has 1 saturated heterocycles. The normalized spacial score (nSPS) is 23.8. The standard InChI is InChI=1S/C11H17F3N2O3/c1-10(15,11(12,13)14)9(19)16-4-2-3-7(6-16)5-8(17)18/h7H,2-6,15H2,1H3,(H,17,18). The minimum atomic E-state index is -4.83. The second-order valence-corrected chi connectivity index (χ2v) is 5.06. The minimum Gasteiger partial charge on any atom is -0.481 e. The van der Waals surface area contributed by atoms with Crippen molar-refractivity contribution >= 4 is 11.9 Å². The highest BCUT2D eigenvalue weighted by molar-refractivity contribution is 5.86. The Morgan fingerprint density at radius 2 is 2.00 bits per heavy atom. The summed E-state index contributed by atoms with van der Waals surface area (Å²) in [5, 5.41) is 8.67. The summed E-state index contributed by atoms with van der Waals surface area (Å²) in [6.45, 7) is 0.821. The molecule has 0 aromatic rings. The SMILES string of the molecule is CC(N)(C(=O)N1CCCC(CC(=O)O)C1)C(F)(F)F. The van der Waals surface area contributed by atoms with Crippen LogP contribution in [0.2, 0.25) is 0 Å². The fraction of sp³-hybridized carbons (Fsp3) is 0.818. The van der Waals surface area contributed by atoms with E-state index in [-0.39, 0.29) is 25.4 Å². The van der Waals surface area contributed by atoms with Gasteiger partial charge in [0, 0.05) is 19.5 Å². The maximum atomic E-state index is 12.7. The van der Waals surface area contributed by atoms with Crippen molar-refractivity contribution in [2.45, 2.75) is 37.9 Å². The van der Waals surface area contributed by atoms with Crippen molar-refractivity contribution in [1.82, 2.24) is 4.90 Å². The Morgan fingerprint density at radius 1 is 1.42 bits per heavy atom. The zero-order valence-corrected chi connectivity index (χ0v) is 10.5. The van der Waals surface area contributed by atoms with Gasteiger partial charge in [-0.05, 0) is 25.7 Å². The number of nitrogens with two attached hydrogens (primary N) is 1. The van der Waals surface area contributed by atoms with Gasteiger partial charge in [-0.25, -0.2) is 0 Å². The number of carboxylic acid groups (broad SMARTS) is 1. The molecule has 0 saturated carbocycles. The second-order valence-electron chi connectivity index (χ2n) is 5.06. The molecule has 1 heterocycles. The summed E-state index contributed by atoms with van der Waals surface area (Å²) in [5.41, 5.74) is 2.15. The van der Waals surface area contributed by atoms with E-state index in [0.29, 0.717) is 19.8 Å². The number of hydrogen-bond donors (Lipinski definition) is 2. The van der Waals surface area contributed by atoms with Crippen LogP contribution in [0.4, 0.5) is 13.2 Å². The fourth-order valence-electron chi connectivity index (χ4n) is 2.11. The quantitative estimate of drug-likeness (QED) is 0.808. The van der Waals surface area contributed by atoms with E-state index in [1.54, 1.807) is 0 Å². The molecule has 0 aromatic carbocycles. The van der Waals surface area contributed by atoms with Crippen molar-refractivity contribution in [2.24, 2.45) is 11.7 Å². The molecule has 3 N–H and O–H groups in total. The zero-order valence-electron chi connectivity index (χ0n) is 10.5. The number of carbonyl (C=O) groups is 2. The van der Waals surface area contributed by atoms with Gasteiger partial charge in [-0.3, -0.25) is 9.59 Å². The molecule has 1 amide bonds. The second kappa shape index (κ2) is 5.36. The Bertz CT molecular complexity index is 369. The largest absolute Gasteiger partial charge is 0.481 e. The summed E-state index contributed by atoms with van der Waals surface area (Å²) >= 11 is 0. The van der Waals surface area contributed by atoms with Gasteiger partial charge in [-0.1, -0.05) is 0 Å². The molecule has 1 aliphatic heterocycles. The van der Waals surface area contributed by atoms with Crippen LogP contribution >= 0.6 is 0 Å². The van der Waals surface area contributed by atoms with Crippen LogP contribution in [0.1, 0.15) is 26.2 Å². The average molecular weight is 282 g/mol. The highest BCUT2D eigenvalue weighted by Crippen LogP contribution is 2.31. The van der Waals surface area contributed by atoms with Crippen LogP contribution in [0.25, 0.3) is 0 Å². The smallest absolute Gasteiger partial charge is 0.415 e. The average Bonchev–Trinajstić information content (AvgIpc) is 2.25. The van der Waals surface area contributed by atoms with Gasteiger partial charge >= 0.3 is 12.1 Å². The van der Waals surface area contributed by atoms with Gasteiger partial charge in [0.05, 0.1) is 0 Å². The number of hydrogen-bond acceptors (Lipinski definition) is 3. The first-order valence-electron chi connectivity index (χ1n) is 5.92. The lowest BCUT2D eigenvalue weighted by Gasteiger charge is -2.37. The van der Waals surface area contributed by atoms with Gasteiger partial charge in [0.15, 0.2) is 5.54 Å². The van der Waals surface area contributed by atoms with Crippen LogP contribution in [-0.4, -0.2) is 46.7 Å². The summed E-state index contributed by atoms with van der Waals surface area (Å²) in [7, 11) is 0. The molecular formula is C11H17F3N2O3. The van der Waals surface area contributed by atoms with Gasteiger partial charge in [0.25, 0.3) is 5.91 Å². The van der Waals surface area contributed by atoms with Crippen molar-refractivity contribution in [1.29, 1.82) is 0 Å². The van der Waals surface area contributed by atoms with E-state index in [0.717, 1.165) is 4.90 Å². The molecule has 1 rings (SSSR count). The number of aliphatic carboxylic acids is 1. The summed E-state index contributed by atoms with van der Waals surface area (Å²) < 4.78 is 38.0. The number of carboxylic acids is 1. The number of likely N-dealkylation sites (tertiary alicyclic amines) is 1. The predicted molar refractivity (Wildman–Crippen MR) is 60.2 cm³/mol. The molecule has 5 nitrogen and oxygen atoms in total. The van der Waals surface area contributed by atoms with Crippen LogP contribution in [0.3, 0.4) is 0 Å². The van der Waals surface area contributed by atoms with Crippen LogP contribution in [0.15, 0.2) is 0 Å². The number of amides is 1. The molecule has 0 radical (unpaired) electrons. The number of alkyl halides is 3. The molecule has 8 heteroatoms. The maximum absolute atomic E-state index is 12.7. The van der Waals surface area contributed by atoms with Crippen LogP contribution in [0.5, 0.6) is 0 Å². The van der Waals surface area contributed by atoms with Gasteiger partial charge in [0.1, 0.15) is 0 Å². The third-order valence-corrected chi connectivity index (χ3v) is 3.30. The molecule has 0 spiro atoms. The monoisotopic (exact) mass is 282 g/mol. The number of piperidine rings is 1. The molecule has 0 bridgehead atoms. The number of rotatable bonds is 3. The molecule has 110 valence electrons. The molecule has 19 heavy (non-hydrogen) atoms. The highest BCUT2D eigenvalue weighted by Gasteiger charge is 2.55. The molecule has 0 aliphatic carbocycles. The lowest BCUT2D eigenvalue weighted by molar-refractivity contribution is -0.194. The molecule has 2 atom stereocenters. The van der Waals surface area contributed by atoms with Crippen LogP contribution in [0, 0.1) is 5.92 Å². The first kappa shape index (κ1) is 15.7. The van der Waals surface area contributed by atoms with E-state index >= 15 is 0 Å². The molecule has 1 aliphatic rings. The minimum absolute atomic E-state index is 0.00794. The first-order chi connectivity index (χ1) is 8.55. The van der Waals surface area contributed by atoms with Crippen LogP contribution in [-0.2, 0) is 9.59 Å². The lowest BCUT2D eigenvalue weighted by Crippen LogP contribution is -2.63. The van der Waals surface area contributed by atoms with Gasteiger partial charge in [0.2, 0.25) is 0 Å². The van der Waals surface area contributed by atoms with Gasteiger partial charge < -0.3 is 15.7 Å². The predicted octanol–water partition coefficient (Wildman–Crippen LogP) is 0.979. The molecule has 2 unspecified atom stereocenters. The zero-order chi connectivity index (χ0) is 14.8. The third kappa shape index (κ3) is 3.59. The van der Waals surface area contributed by atoms with E-state index in [2.05, 4.69) is 0 Å². The Balaban J connectivity index is 2.75. The fourth-order valence-corrected chi connectivity index (χ4v) is 2.11. The summed E-state index contributed by atoms with van der Waals surface area (Å²) in [5.74, 6) is -2.54. The molecule has 1 fully saturated rings.